The summed E-state index contributed by atoms with van der Waals surface area (Å²) in [6.45, 7) is 0. The van der Waals surface area contributed by atoms with Crippen molar-refractivity contribution >= 4 is 29.2 Å². The van der Waals surface area contributed by atoms with E-state index in [9.17, 15) is 4.79 Å². The first-order valence-corrected chi connectivity index (χ1v) is 5.06. The highest BCUT2D eigenvalue weighted by molar-refractivity contribution is 6.34. The van der Waals surface area contributed by atoms with Crippen LogP contribution in [0.25, 0.3) is 5.69 Å². The van der Waals surface area contributed by atoms with E-state index in [4.69, 9.17) is 28.3 Å². The van der Waals surface area contributed by atoms with Gasteiger partial charge in [-0.05, 0) is 18.2 Å². The van der Waals surface area contributed by atoms with E-state index in [1.807, 2.05) is 0 Å². The third-order valence-electron chi connectivity index (χ3n) is 2.03. The van der Waals surface area contributed by atoms with Crippen molar-refractivity contribution < 1.29 is 9.90 Å². The summed E-state index contributed by atoms with van der Waals surface area (Å²) in [5, 5.41) is 9.82. The van der Waals surface area contributed by atoms with E-state index in [0.29, 0.717) is 15.7 Å². The molecule has 0 aliphatic carbocycles. The van der Waals surface area contributed by atoms with Crippen LogP contribution in [0.15, 0.2) is 30.7 Å². The minimum absolute atomic E-state index is 0.0316. The minimum Gasteiger partial charge on any atom is -0.477 e. The summed E-state index contributed by atoms with van der Waals surface area (Å²) in [5.41, 5.74) is 0.522. The van der Waals surface area contributed by atoms with Crippen LogP contribution in [0.1, 0.15) is 10.5 Å². The molecule has 2 rings (SSSR count). The normalized spacial score (nSPS) is 10.4. The SMILES string of the molecule is O=C(O)c1cncn1-c1cc(Cl)ccc1Cl. The number of hydrogen-bond acceptors (Lipinski definition) is 2. The minimum atomic E-state index is -1.08. The number of carbonyl (C=O) groups is 1. The molecule has 1 heterocycles. The second-order valence-electron chi connectivity index (χ2n) is 3.05. The Morgan fingerprint density at radius 1 is 1.38 bits per heavy atom. The first kappa shape index (κ1) is 11.0. The Morgan fingerprint density at radius 3 is 2.81 bits per heavy atom. The van der Waals surface area contributed by atoms with Gasteiger partial charge >= 0.3 is 5.97 Å². The average molecular weight is 257 g/mol. The van der Waals surface area contributed by atoms with E-state index in [0.717, 1.165) is 0 Å². The molecular formula is C10H6Cl2N2O2. The molecule has 0 bridgehead atoms. The largest absolute Gasteiger partial charge is 0.477 e. The number of carboxylic acids is 1. The molecule has 2 aromatic rings. The van der Waals surface area contributed by atoms with E-state index in [-0.39, 0.29) is 5.69 Å². The lowest BCUT2D eigenvalue weighted by molar-refractivity contribution is 0.0688. The molecule has 0 fully saturated rings. The van der Waals surface area contributed by atoms with Crippen molar-refractivity contribution in [2.24, 2.45) is 0 Å². The Bertz CT molecular complexity index is 552. The number of aromatic nitrogens is 2. The van der Waals surface area contributed by atoms with Crippen molar-refractivity contribution in [2.45, 2.75) is 0 Å². The molecule has 82 valence electrons. The van der Waals surface area contributed by atoms with Crippen molar-refractivity contribution in [3.63, 3.8) is 0 Å². The zero-order valence-electron chi connectivity index (χ0n) is 7.89. The lowest BCUT2D eigenvalue weighted by Gasteiger charge is -2.07. The van der Waals surface area contributed by atoms with Crippen LogP contribution < -0.4 is 0 Å². The first-order valence-electron chi connectivity index (χ1n) is 4.30. The van der Waals surface area contributed by atoms with Gasteiger partial charge in [-0.15, -0.1) is 0 Å². The van der Waals surface area contributed by atoms with E-state index in [1.54, 1.807) is 18.2 Å². The predicted octanol–water partition coefficient (Wildman–Crippen LogP) is 2.88. The quantitative estimate of drug-likeness (QED) is 0.899. The maximum Gasteiger partial charge on any atom is 0.354 e. The van der Waals surface area contributed by atoms with Gasteiger partial charge in [0.25, 0.3) is 0 Å². The molecule has 1 aromatic carbocycles. The van der Waals surface area contributed by atoms with Gasteiger partial charge in [0.15, 0.2) is 5.69 Å². The lowest BCUT2D eigenvalue weighted by Crippen LogP contribution is -2.05. The second-order valence-corrected chi connectivity index (χ2v) is 3.89. The predicted molar refractivity (Wildman–Crippen MR) is 60.5 cm³/mol. The van der Waals surface area contributed by atoms with Gasteiger partial charge in [-0.1, -0.05) is 23.2 Å². The van der Waals surface area contributed by atoms with Gasteiger partial charge < -0.3 is 5.11 Å². The summed E-state index contributed by atoms with van der Waals surface area (Å²) >= 11 is 11.8. The van der Waals surface area contributed by atoms with E-state index in [1.165, 1.54) is 17.1 Å². The van der Waals surface area contributed by atoms with Crippen LogP contribution in [0.5, 0.6) is 0 Å². The molecule has 0 radical (unpaired) electrons. The first-order chi connectivity index (χ1) is 7.59. The number of carboxylic acid groups (broad SMARTS) is 1. The molecule has 6 heteroatoms. The van der Waals surface area contributed by atoms with E-state index >= 15 is 0 Å². The van der Waals surface area contributed by atoms with Gasteiger partial charge in [0.05, 0.1) is 23.2 Å². The Hall–Kier alpha value is -1.52. The van der Waals surface area contributed by atoms with Crippen molar-refractivity contribution in [3.8, 4) is 5.69 Å². The van der Waals surface area contributed by atoms with Crippen LogP contribution in [0.2, 0.25) is 10.0 Å². The van der Waals surface area contributed by atoms with Crippen molar-refractivity contribution in [1.82, 2.24) is 9.55 Å². The van der Waals surface area contributed by atoms with Gasteiger partial charge in [0.1, 0.15) is 0 Å². The maximum atomic E-state index is 10.9. The molecule has 4 nitrogen and oxygen atoms in total. The molecule has 16 heavy (non-hydrogen) atoms. The highest BCUT2D eigenvalue weighted by Gasteiger charge is 2.13. The number of halogens is 2. The van der Waals surface area contributed by atoms with Crippen LogP contribution in [0.3, 0.4) is 0 Å². The number of aromatic carboxylic acids is 1. The number of imidazole rings is 1. The summed E-state index contributed by atoms with van der Waals surface area (Å²) in [4.78, 5) is 14.7. The van der Waals surface area contributed by atoms with Gasteiger partial charge in [-0.25, -0.2) is 9.78 Å². The number of benzene rings is 1. The number of nitrogens with zero attached hydrogens (tertiary/aromatic N) is 2. The zero-order chi connectivity index (χ0) is 11.7. The monoisotopic (exact) mass is 256 g/mol. The smallest absolute Gasteiger partial charge is 0.354 e. The molecule has 0 unspecified atom stereocenters. The highest BCUT2D eigenvalue weighted by Crippen LogP contribution is 2.25. The average Bonchev–Trinajstić information content (AvgIpc) is 2.70. The van der Waals surface area contributed by atoms with Gasteiger partial charge in [0.2, 0.25) is 0 Å². The maximum absolute atomic E-state index is 10.9. The van der Waals surface area contributed by atoms with Crippen LogP contribution in [-0.2, 0) is 0 Å². The molecule has 0 aliphatic rings. The summed E-state index contributed by atoms with van der Waals surface area (Å²) in [7, 11) is 0. The summed E-state index contributed by atoms with van der Waals surface area (Å²) < 4.78 is 1.37. The third kappa shape index (κ3) is 1.89. The zero-order valence-corrected chi connectivity index (χ0v) is 9.40. The Kier molecular flexibility index (Phi) is 2.85. The molecule has 1 aromatic heterocycles. The molecule has 1 N–H and O–H groups in total. The van der Waals surface area contributed by atoms with Crippen molar-refractivity contribution in [1.29, 1.82) is 0 Å². The van der Waals surface area contributed by atoms with Crippen LogP contribution in [0, 0.1) is 0 Å². The van der Waals surface area contributed by atoms with E-state index < -0.39 is 5.97 Å². The molecule has 0 saturated heterocycles. The van der Waals surface area contributed by atoms with Crippen molar-refractivity contribution in [3.05, 3.63) is 46.5 Å². The standard InChI is InChI=1S/C10H6Cl2N2O2/c11-6-1-2-7(12)8(3-6)14-5-13-4-9(14)10(15)16/h1-5H,(H,15,16). The second kappa shape index (κ2) is 4.15. The fourth-order valence-corrected chi connectivity index (χ4v) is 1.69. The van der Waals surface area contributed by atoms with E-state index in [2.05, 4.69) is 4.98 Å². The Balaban J connectivity index is 2.62. The molecule has 0 amide bonds. The fourth-order valence-electron chi connectivity index (χ4n) is 1.32. The Morgan fingerprint density at radius 2 is 2.12 bits per heavy atom. The van der Waals surface area contributed by atoms with Crippen LogP contribution in [-0.4, -0.2) is 20.6 Å². The number of hydrogen-bond donors (Lipinski definition) is 1. The molecule has 0 atom stereocenters. The lowest BCUT2D eigenvalue weighted by atomic mass is 10.3. The summed E-state index contributed by atoms with van der Waals surface area (Å²) in [6.07, 6.45) is 2.63. The number of rotatable bonds is 2. The molecule has 0 aliphatic heterocycles. The molecular weight excluding hydrogens is 251 g/mol. The Labute approximate surface area is 101 Å². The van der Waals surface area contributed by atoms with Gasteiger partial charge in [-0.3, -0.25) is 4.57 Å². The highest BCUT2D eigenvalue weighted by atomic mass is 35.5. The summed E-state index contributed by atoms with van der Waals surface area (Å²) in [6, 6.07) is 4.81. The fraction of sp³-hybridized carbons (Fsp3) is 0. The van der Waals surface area contributed by atoms with Crippen LogP contribution in [0.4, 0.5) is 0 Å². The van der Waals surface area contributed by atoms with Crippen LogP contribution >= 0.6 is 23.2 Å². The van der Waals surface area contributed by atoms with Crippen molar-refractivity contribution in [2.75, 3.05) is 0 Å². The third-order valence-corrected chi connectivity index (χ3v) is 2.58. The van der Waals surface area contributed by atoms with Gasteiger partial charge in [0, 0.05) is 5.02 Å². The van der Waals surface area contributed by atoms with Gasteiger partial charge in [-0.2, -0.15) is 0 Å². The molecule has 0 saturated carbocycles. The topological polar surface area (TPSA) is 55.1 Å². The molecule has 0 spiro atoms. The summed E-state index contributed by atoms with van der Waals surface area (Å²) in [5.74, 6) is -1.08.